The number of hydrogen-bond donors (Lipinski definition) is 0. The first-order valence-electron chi connectivity index (χ1n) is 7.41. The number of hydrogen-bond acceptors (Lipinski definition) is 2. The SMILES string of the molecule is O=CC(CCC(=O)c1ccccc1)CC(F)(F)C(F)(F)C(F)(F)C(F)(F)F. The van der Waals surface area contributed by atoms with Crippen LogP contribution in [0.15, 0.2) is 30.3 Å². The number of alkyl halides is 9. The van der Waals surface area contributed by atoms with Crippen molar-refractivity contribution in [1.82, 2.24) is 0 Å². The predicted octanol–water partition coefficient (Wildman–Crippen LogP) is 5.32. The van der Waals surface area contributed by atoms with Gasteiger partial charge in [0.1, 0.15) is 6.29 Å². The monoisotopic (exact) mass is 408 g/mol. The zero-order chi connectivity index (χ0) is 21.1. The number of rotatable bonds is 9. The smallest absolute Gasteiger partial charge is 0.303 e. The van der Waals surface area contributed by atoms with E-state index in [9.17, 15) is 49.1 Å². The van der Waals surface area contributed by atoms with Crippen molar-refractivity contribution in [3.8, 4) is 0 Å². The third-order valence-corrected chi connectivity index (χ3v) is 3.76. The van der Waals surface area contributed by atoms with E-state index in [-0.39, 0.29) is 11.8 Å². The number of aldehydes is 1. The third-order valence-electron chi connectivity index (χ3n) is 3.76. The molecule has 1 aromatic rings. The summed E-state index contributed by atoms with van der Waals surface area (Å²) in [4.78, 5) is 22.6. The molecule has 1 aromatic carbocycles. The molecule has 2 nitrogen and oxygen atoms in total. The van der Waals surface area contributed by atoms with Gasteiger partial charge in [-0.15, -0.1) is 0 Å². The van der Waals surface area contributed by atoms with Crippen molar-refractivity contribution >= 4 is 12.1 Å². The average Bonchev–Trinajstić information content (AvgIpc) is 2.57. The standard InChI is InChI=1S/C16H13F9O2/c17-13(18,14(19,20)15(21,22)16(23,24)25)8-10(9-26)6-7-12(27)11-4-2-1-3-5-11/h1-5,9-10H,6-8H2. The topological polar surface area (TPSA) is 34.1 Å². The molecule has 0 fully saturated rings. The van der Waals surface area contributed by atoms with Crippen LogP contribution in [0.5, 0.6) is 0 Å². The Bertz CT molecular complexity index is 654. The molecule has 0 radical (unpaired) electrons. The number of Topliss-reactive ketones (excluding diaryl/α,β-unsaturated/α-hetero) is 1. The van der Waals surface area contributed by atoms with Crippen LogP contribution in [0.4, 0.5) is 39.5 Å². The van der Waals surface area contributed by atoms with Crippen molar-refractivity contribution in [2.45, 2.75) is 43.2 Å². The first-order valence-corrected chi connectivity index (χ1v) is 7.41. The van der Waals surface area contributed by atoms with E-state index in [0.29, 0.717) is 0 Å². The fourth-order valence-electron chi connectivity index (χ4n) is 2.17. The van der Waals surface area contributed by atoms with E-state index >= 15 is 0 Å². The van der Waals surface area contributed by atoms with Gasteiger partial charge in [0.25, 0.3) is 0 Å². The van der Waals surface area contributed by atoms with Gasteiger partial charge in [-0.05, 0) is 6.42 Å². The summed E-state index contributed by atoms with van der Waals surface area (Å²) in [6, 6.07) is 7.21. The van der Waals surface area contributed by atoms with E-state index in [1.165, 1.54) is 24.3 Å². The fourth-order valence-corrected chi connectivity index (χ4v) is 2.17. The van der Waals surface area contributed by atoms with Gasteiger partial charge in [-0.1, -0.05) is 30.3 Å². The Morgan fingerprint density at radius 3 is 1.85 bits per heavy atom. The van der Waals surface area contributed by atoms with Crippen molar-refractivity contribution in [2.75, 3.05) is 0 Å². The lowest BCUT2D eigenvalue weighted by Gasteiger charge is -2.34. The van der Waals surface area contributed by atoms with Gasteiger partial charge in [-0.25, -0.2) is 0 Å². The van der Waals surface area contributed by atoms with Crippen molar-refractivity contribution in [3.63, 3.8) is 0 Å². The second kappa shape index (κ2) is 7.89. The van der Waals surface area contributed by atoms with Crippen molar-refractivity contribution < 1.29 is 49.1 Å². The molecule has 152 valence electrons. The Hall–Kier alpha value is -2.07. The lowest BCUT2D eigenvalue weighted by Crippen LogP contribution is -2.61. The summed E-state index contributed by atoms with van der Waals surface area (Å²) in [5, 5.41) is 0. The molecule has 0 aliphatic rings. The van der Waals surface area contributed by atoms with Crippen LogP contribution in [0, 0.1) is 5.92 Å². The molecule has 1 atom stereocenters. The highest BCUT2D eigenvalue weighted by atomic mass is 19.4. The summed E-state index contributed by atoms with van der Waals surface area (Å²) < 4.78 is 115. The number of carbonyl (C=O) groups is 2. The summed E-state index contributed by atoms with van der Waals surface area (Å²) in [6.45, 7) is 0. The van der Waals surface area contributed by atoms with Crippen molar-refractivity contribution in [3.05, 3.63) is 35.9 Å². The van der Waals surface area contributed by atoms with Gasteiger partial charge in [-0.2, -0.15) is 39.5 Å². The molecule has 27 heavy (non-hydrogen) atoms. The largest absolute Gasteiger partial charge is 0.460 e. The van der Waals surface area contributed by atoms with Gasteiger partial charge >= 0.3 is 23.9 Å². The molecule has 1 rings (SSSR count). The number of halogens is 9. The molecule has 0 amide bonds. The van der Waals surface area contributed by atoms with Crippen molar-refractivity contribution in [1.29, 1.82) is 0 Å². The lowest BCUT2D eigenvalue weighted by molar-refractivity contribution is -0.397. The van der Waals surface area contributed by atoms with Gasteiger partial charge < -0.3 is 4.79 Å². The molecule has 0 aliphatic heterocycles. The number of carbonyl (C=O) groups excluding carboxylic acids is 2. The van der Waals surface area contributed by atoms with Crippen LogP contribution in [0.2, 0.25) is 0 Å². The summed E-state index contributed by atoms with van der Waals surface area (Å²) in [5.74, 6) is -22.3. The number of ketones is 1. The lowest BCUT2D eigenvalue weighted by atomic mass is 9.90. The van der Waals surface area contributed by atoms with E-state index in [0.717, 1.165) is 0 Å². The molecule has 0 aliphatic carbocycles. The predicted molar refractivity (Wildman–Crippen MR) is 75.1 cm³/mol. The fraction of sp³-hybridized carbons (Fsp3) is 0.500. The van der Waals surface area contributed by atoms with Crippen LogP contribution in [0.1, 0.15) is 29.6 Å². The van der Waals surface area contributed by atoms with E-state index in [4.69, 9.17) is 0 Å². The number of benzene rings is 1. The zero-order valence-electron chi connectivity index (χ0n) is 13.4. The maximum Gasteiger partial charge on any atom is 0.460 e. The quantitative estimate of drug-likeness (QED) is 0.315. The molecule has 0 bridgehead atoms. The van der Waals surface area contributed by atoms with E-state index < -0.39 is 54.9 Å². The Balaban J connectivity index is 2.88. The van der Waals surface area contributed by atoms with E-state index in [1.807, 2.05) is 0 Å². The zero-order valence-corrected chi connectivity index (χ0v) is 13.4. The Kier molecular flexibility index (Phi) is 6.71. The first-order chi connectivity index (χ1) is 12.2. The summed E-state index contributed by atoms with van der Waals surface area (Å²) in [6.07, 6.45) is -10.8. The normalized spacial score (nSPS) is 14.7. The van der Waals surface area contributed by atoms with Gasteiger partial charge in [0.15, 0.2) is 5.78 Å². The van der Waals surface area contributed by atoms with Crippen molar-refractivity contribution in [2.24, 2.45) is 5.92 Å². The summed E-state index contributed by atoms with van der Waals surface area (Å²) >= 11 is 0. The second-order valence-electron chi connectivity index (χ2n) is 5.78. The highest BCUT2D eigenvalue weighted by molar-refractivity contribution is 5.96. The molecular formula is C16H13F9O2. The van der Waals surface area contributed by atoms with Crippen LogP contribution >= 0.6 is 0 Å². The van der Waals surface area contributed by atoms with Crippen LogP contribution in [0.3, 0.4) is 0 Å². The highest BCUT2D eigenvalue weighted by Gasteiger charge is 2.81. The molecule has 0 aromatic heterocycles. The van der Waals surface area contributed by atoms with Gasteiger partial charge in [-0.3, -0.25) is 4.79 Å². The summed E-state index contributed by atoms with van der Waals surface area (Å²) in [7, 11) is 0. The minimum absolute atomic E-state index is 0.128. The molecule has 0 saturated carbocycles. The highest BCUT2D eigenvalue weighted by Crippen LogP contribution is 2.54. The summed E-state index contributed by atoms with van der Waals surface area (Å²) in [5.41, 5.74) is 0.128. The van der Waals surface area contributed by atoms with Gasteiger partial charge in [0.2, 0.25) is 0 Å². The molecule has 0 N–H and O–H groups in total. The average molecular weight is 408 g/mol. The molecule has 1 unspecified atom stereocenters. The Labute approximate surface area is 147 Å². The van der Waals surface area contributed by atoms with Crippen LogP contribution in [-0.2, 0) is 4.79 Å². The molecule has 11 heteroatoms. The maximum atomic E-state index is 13.5. The maximum absolute atomic E-state index is 13.5. The van der Waals surface area contributed by atoms with Gasteiger partial charge in [0.05, 0.1) is 0 Å². The van der Waals surface area contributed by atoms with E-state index in [1.54, 1.807) is 6.07 Å². The van der Waals surface area contributed by atoms with E-state index in [2.05, 4.69) is 0 Å². The van der Waals surface area contributed by atoms with Crippen LogP contribution in [-0.4, -0.2) is 36.0 Å². The Morgan fingerprint density at radius 1 is 0.889 bits per heavy atom. The molecular weight excluding hydrogens is 395 g/mol. The first kappa shape index (κ1) is 23.0. The molecule has 0 saturated heterocycles. The minimum Gasteiger partial charge on any atom is -0.303 e. The second-order valence-corrected chi connectivity index (χ2v) is 5.78. The third kappa shape index (κ3) is 4.81. The minimum atomic E-state index is -7.00. The van der Waals surface area contributed by atoms with Crippen LogP contribution in [0.25, 0.3) is 0 Å². The van der Waals surface area contributed by atoms with Crippen LogP contribution < -0.4 is 0 Å². The molecule has 0 spiro atoms. The van der Waals surface area contributed by atoms with Gasteiger partial charge in [0, 0.05) is 24.3 Å². The Morgan fingerprint density at radius 2 is 1.41 bits per heavy atom. The molecule has 0 heterocycles.